The minimum absolute atomic E-state index is 0.0133. The number of hydrogen-bond acceptors (Lipinski definition) is 4. The molecule has 0 unspecified atom stereocenters. The molecule has 1 saturated heterocycles. The van der Waals surface area contributed by atoms with E-state index in [4.69, 9.17) is 0 Å². The molecule has 2 aromatic heterocycles. The molecule has 2 atom stereocenters. The Morgan fingerprint density at radius 1 is 1.44 bits per heavy atom. The fourth-order valence-electron chi connectivity index (χ4n) is 3.80. The van der Waals surface area contributed by atoms with E-state index in [1.807, 2.05) is 26.0 Å². The quantitative estimate of drug-likeness (QED) is 0.880. The molecule has 2 aromatic rings. The van der Waals surface area contributed by atoms with E-state index in [1.165, 1.54) is 6.20 Å². The van der Waals surface area contributed by atoms with Gasteiger partial charge in [0.2, 0.25) is 0 Å². The second-order valence-electron chi connectivity index (χ2n) is 6.79. The van der Waals surface area contributed by atoms with Gasteiger partial charge in [0.25, 0.3) is 5.91 Å². The minimum atomic E-state index is -1.30. The summed E-state index contributed by atoms with van der Waals surface area (Å²) in [5.41, 5.74) is 0.819. The minimum Gasteiger partial charge on any atom is -0.481 e. The SMILES string of the molecule is CCC[C@@]1(C(=O)O)CN(C(=O)c2cnn3cccc(C)c23)CC[C@@H]1O. The van der Waals surface area contributed by atoms with Crippen LogP contribution in [0.15, 0.2) is 24.5 Å². The summed E-state index contributed by atoms with van der Waals surface area (Å²) in [5.74, 6) is -1.28. The Kier molecular flexibility index (Phi) is 4.51. The van der Waals surface area contributed by atoms with E-state index >= 15 is 0 Å². The van der Waals surface area contributed by atoms with Gasteiger partial charge < -0.3 is 15.1 Å². The average molecular weight is 345 g/mol. The highest BCUT2D eigenvalue weighted by atomic mass is 16.4. The van der Waals surface area contributed by atoms with Gasteiger partial charge in [-0.1, -0.05) is 19.4 Å². The zero-order valence-electron chi connectivity index (χ0n) is 14.5. The van der Waals surface area contributed by atoms with E-state index in [1.54, 1.807) is 15.6 Å². The van der Waals surface area contributed by atoms with Crippen molar-refractivity contribution in [2.45, 2.75) is 39.2 Å². The third-order valence-corrected chi connectivity index (χ3v) is 5.17. The molecule has 7 nitrogen and oxygen atoms in total. The van der Waals surface area contributed by atoms with Crippen LogP contribution in [0.5, 0.6) is 0 Å². The molecule has 1 aliphatic heterocycles. The predicted molar refractivity (Wildman–Crippen MR) is 91.4 cm³/mol. The fourth-order valence-corrected chi connectivity index (χ4v) is 3.80. The van der Waals surface area contributed by atoms with Crippen LogP contribution >= 0.6 is 0 Å². The summed E-state index contributed by atoms with van der Waals surface area (Å²) in [7, 11) is 0. The lowest BCUT2D eigenvalue weighted by molar-refractivity contribution is -0.162. The van der Waals surface area contributed by atoms with Crippen molar-refractivity contribution in [3.05, 3.63) is 35.7 Å². The van der Waals surface area contributed by atoms with Crippen molar-refractivity contribution in [2.24, 2.45) is 5.41 Å². The van der Waals surface area contributed by atoms with Gasteiger partial charge in [0.1, 0.15) is 5.41 Å². The fraction of sp³-hybridized carbons (Fsp3) is 0.500. The largest absolute Gasteiger partial charge is 0.481 e. The van der Waals surface area contributed by atoms with Crippen LogP contribution in [0.4, 0.5) is 0 Å². The number of piperidine rings is 1. The normalized spacial score (nSPS) is 23.8. The standard InChI is InChI=1S/C18H23N3O4/c1-3-7-18(17(24)25)11-20(9-6-14(18)22)16(23)13-10-19-21-8-4-5-12(2)15(13)21/h4-5,8,10,14,22H,3,6-7,9,11H2,1-2H3,(H,24,25)/t14-,18+/m0/s1. The van der Waals surface area contributed by atoms with Gasteiger partial charge >= 0.3 is 5.97 Å². The molecule has 7 heteroatoms. The molecule has 0 saturated carbocycles. The van der Waals surface area contributed by atoms with Gasteiger partial charge in [-0.15, -0.1) is 0 Å². The van der Waals surface area contributed by atoms with E-state index in [2.05, 4.69) is 5.10 Å². The van der Waals surface area contributed by atoms with Crippen LogP contribution in [0.3, 0.4) is 0 Å². The number of carbonyl (C=O) groups is 2. The van der Waals surface area contributed by atoms with Crippen molar-refractivity contribution in [1.29, 1.82) is 0 Å². The number of amides is 1. The number of rotatable bonds is 4. The van der Waals surface area contributed by atoms with Crippen LogP contribution in [-0.4, -0.2) is 55.8 Å². The predicted octanol–water partition coefficient (Wildman–Crippen LogP) is 1.72. The summed E-state index contributed by atoms with van der Waals surface area (Å²) < 4.78 is 1.65. The number of pyridine rings is 1. The van der Waals surface area contributed by atoms with Crippen LogP contribution in [0.1, 0.15) is 42.1 Å². The second kappa shape index (κ2) is 6.48. The van der Waals surface area contributed by atoms with Crippen LogP contribution in [-0.2, 0) is 4.79 Å². The van der Waals surface area contributed by atoms with Crippen molar-refractivity contribution < 1.29 is 19.8 Å². The third-order valence-electron chi connectivity index (χ3n) is 5.17. The van der Waals surface area contributed by atoms with Crippen molar-refractivity contribution in [3.8, 4) is 0 Å². The molecule has 134 valence electrons. The maximum Gasteiger partial charge on any atom is 0.314 e. The summed E-state index contributed by atoms with van der Waals surface area (Å²) in [6.45, 7) is 4.14. The molecule has 1 aliphatic rings. The Bertz CT molecular complexity index is 816. The van der Waals surface area contributed by atoms with Crippen LogP contribution in [0.2, 0.25) is 0 Å². The number of carboxylic acids is 1. The average Bonchev–Trinajstić information content (AvgIpc) is 3.01. The van der Waals surface area contributed by atoms with Crippen molar-refractivity contribution >= 4 is 17.4 Å². The third kappa shape index (κ3) is 2.78. The summed E-state index contributed by atoms with van der Waals surface area (Å²) in [6, 6.07) is 3.77. The maximum absolute atomic E-state index is 13.0. The molecule has 3 rings (SSSR count). The van der Waals surface area contributed by atoms with Gasteiger partial charge in [-0.05, 0) is 31.4 Å². The molecule has 0 bridgehead atoms. The smallest absolute Gasteiger partial charge is 0.314 e. The lowest BCUT2D eigenvalue weighted by Gasteiger charge is -2.43. The van der Waals surface area contributed by atoms with E-state index < -0.39 is 17.5 Å². The number of carboxylic acid groups (broad SMARTS) is 1. The van der Waals surface area contributed by atoms with Crippen LogP contribution in [0.25, 0.3) is 5.52 Å². The maximum atomic E-state index is 13.0. The number of carbonyl (C=O) groups excluding carboxylic acids is 1. The van der Waals surface area contributed by atoms with Crippen molar-refractivity contribution in [2.75, 3.05) is 13.1 Å². The highest BCUT2D eigenvalue weighted by molar-refractivity contribution is 6.01. The topological polar surface area (TPSA) is 95.1 Å². The Balaban J connectivity index is 1.95. The summed E-state index contributed by atoms with van der Waals surface area (Å²) in [5, 5.41) is 24.3. The van der Waals surface area contributed by atoms with Gasteiger partial charge in [-0.2, -0.15) is 5.10 Å². The molecule has 1 fully saturated rings. The monoisotopic (exact) mass is 345 g/mol. The Labute approximate surface area is 145 Å². The number of aryl methyl sites for hydroxylation is 1. The van der Waals surface area contributed by atoms with Gasteiger partial charge in [0.15, 0.2) is 0 Å². The first kappa shape index (κ1) is 17.4. The first-order chi connectivity index (χ1) is 11.9. The first-order valence-corrected chi connectivity index (χ1v) is 8.54. The molecule has 0 aromatic carbocycles. The summed E-state index contributed by atoms with van der Waals surface area (Å²) in [6.07, 6.45) is 3.58. The Morgan fingerprint density at radius 2 is 2.20 bits per heavy atom. The molecule has 0 aliphatic carbocycles. The Morgan fingerprint density at radius 3 is 2.88 bits per heavy atom. The van der Waals surface area contributed by atoms with Crippen LogP contribution in [0, 0.1) is 12.3 Å². The highest BCUT2D eigenvalue weighted by Gasteiger charge is 2.49. The van der Waals surface area contributed by atoms with Crippen molar-refractivity contribution in [3.63, 3.8) is 0 Å². The molecule has 25 heavy (non-hydrogen) atoms. The molecule has 2 N–H and O–H groups in total. The molecule has 0 spiro atoms. The highest BCUT2D eigenvalue weighted by Crippen LogP contribution is 2.36. The van der Waals surface area contributed by atoms with E-state index in [-0.39, 0.29) is 18.9 Å². The molecule has 0 radical (unpaired) electrons. The van der Waals surface area contributed by atoms with Gasteiger partial charge in [0.05, 0.1) is 23.4 Å². The van der Waals surface area contributed by atoms with Crippen molar-refractivity contribution in [1.82, 2.24) is 14.5 Å². The number of aliphatic hydroxyl groups is 1. The number of nitrogens with zero attached hydrogens (tertiary/aromatic N) is 3. The van der Waals surface area contributed by atoms with E-state index in [9.17, 15) is 19.8 Å². The zero-order valence-corrected chi connectivity index (χ0v) is 14.5. The summed E-state index contributed by atoms with van der Waals surface area (Å²) >= 11 is 0. The molecule has 1 amide bonds. The van der Waals surface area contributed by atoms with E-state index in [0.717, 1.165) is 11.1 Å². The van der Waals surface area contributed by atoms with Gasteiger partial charge in [-0.25, -0.2) is 4.52 Å². The van der Waals surface area contributed by atoms with Gasteiger partial charge in [-0.3, -0.25) is 9.59 Å². The number of aliphatic carboxylic acids is 1. The second-order valence-corrected chi connectivity index (χ2v) is 6.79. The first-order valence-electron chi connectivity index (χ1n) is 8.54. The number of fused-ring (bicyclic) bond motifs is 1. The van der Waals surface area contributed by atoms with E-state index in [0.29, 0.717) is 24.9 Å². The molecular weight excluding hydrogens is 322 g/mol. The molecule has 3 heterocycles. The number of likely N-dealkylation sites (tertiary alicyclic amines) is 1. The number of hydrogen-bond donors (Lipinski definition) is 2. The lowest BCUT2D eigenvalue weighted by Crippen LogP contribution is -2.57. The lowest BCUT2D eigenvalue weighted by atomic mass is 9.74. The van der Waals surface area contributed by atoms with Gasteiger partial charge in [0, 0.05) is 19.3 Å². The molecular formula is C18H23N3O4. The number of aliphatic hydroxyl groups excluding tert-OH is 1. The summed E-state index contributed by atoms with van der Waals surface area (Å²) in [4.78, 5) is 26.5. The van der Waals surface area contributed by atoms with Crippen LogP contribution < -0.4 is 0 Å². The number of aromatic nitrogens is 2. The Hall–Kier alpha value is -2.41. The zero-order chi connectivity index (χ0) is 18.2.